The van der Waals surface area contributed by atoms with Crippen molar-refractivity contribution >= 4 is 6.09 Å². The smallest absolute Gasteiger partial charge is 0.407 e. The van der Waals surface area contributed by atoms with E-state index in [1.54, 1.807) is 6.26 Å². The molecule has 21 heavy (non-hydrogen) atoms. The molecule has 3 rings (SSSR count). The van der Waals surface area contributed by atoms with Gasteiger partial charge in [-0.3, -0.25) is 0 Å². The second-order valence-electron chi connectivity index (χ2n) is 5.31. The van der Waals surface area contributed by atoms with E-state index < -0.39 is 6.09 Å². The van der Waals surface area contributed by atoms with Crippen LogP contribution in [-0.2, 0) is 11.3 Å². The van der Waals surface area contributed by atoms with E-state index in [-0.39, 0.29) is 12.5 Å². The molecule has 0 bridgehead atoms. The Morgan fingerprint density at radius 1 is 1.33 bits per heavy atom. The standard InChI is InChI=1S/C16H18N2O3/c19-16(20-11-12-4-2-1-3-5-12)17-10-14(13-6-7-13)15-8-9-21-18-15/h1-5,8-9,13-14H,6-7,10-11H2,(H,17,19). The molecular formula is C16H18N2O3. The van der Waals surface area contributed by atoms with Gasteiger partial charge in [-0.05, 0) is 24.3 Å². The van der Waals surface area contributed by atoms with Crippen LogP contribution in [0.1, 0.15) is 30.0 Å². The molecule has 1 unspecified atom stereocenters. The molecule has 0 aliphatic heterocycles. The van der Waals surface area contributed by atoms with Crippen LogP contribution in [0.4, 0.5) is 4.79 Å². The number of rotatable bonds is 6. The third kappa shape index (κ3) is 3.84. The van der Waals surface area contributed by atoms with E-state index in [0.29, 0.717) is 12.5 Å². The Balaban J connectivity index is 1.46. The quantitative estimate of drug-likeness (QED) is 0.886. The first-order chi connectivity index (χ1) is 10.3. The molecule has 0 spiro atoms. The van der Waals surface area contributed by atoms with Crippen molar-refractivity contribution in [2.75, 3.05) is 6.54 Å². The summed E-state index contributed by atoms with van der Waals surface area (Å²) in [5.74, 6) is 0.803. The first-order valence-corrected chi connectivity index (χ1v) is 7.18. The van der Waals surface area contributed by atoms with Crippen LogP contribution in [-0.4, -0.2) is 17.8 Å². The summed E-state index contributed by atoms with van der Waals surface area (Å²) in [4.78, 5) is 11.8. The molecule has 1 aromatic carbocycles. The zero-order valence-electron chi connectivity index (χ0n) is 11.7. The molecule has 5 nitrogen and oxygen atoms in total. The summed E-state index contributed by atoms with van der Waals surface area (Å²) < 4.78 is 10.1. The van der Waals surface area contributed by atoms with Crippen molar-refractivity contribution in [1.82, 2.24) is 10.5 Å². The Kier molecular flexibility index (Phi) is 4.19. The Hall–Kier alpha value is -2.30. The highest BCUT2D eigenvalue weighted by Gasteiger charge is 2.34. The molecule has 2 aromatic rings. The zero-order chi connectivity index (χ0) is 14.5. The molecule has 1 aromatic heterocycles. The van der Waals surface area contributed by atoms with Crippen LogP contribution in [0.3, 0.4) is 0 Å². The summed E-state index contributed by atoms with van der Waals surface area (Å²) in [5, 5.41) is 6.80. The Labute approximate surface area is 123 Å². The molecule has 1 amide bonds. The molecule has 1 N–H and O–H groups in total. The third-order valence-electron chi connectivity index (χ3n) is 3.71. The van der Waals surface area contributed by atoms with Crippen LogP contribution < -0.4 is 5.32 Å². The average molecular weight is 286 g/mol. The second-order valence-corrected chi connectivity index (χ2v) is 5.31. The summed E-state index contributed by atoms with van der Waals surface area (Å²) in [6.07, 6.45) is 3.53. The topological polar surface area (TPSA) is 64.4 Å². The number of carbonyl (C=O) groups excluding carboxylic acids is 1. The monoisotopic (exact) mass is 286 g/mol. The van der Waals surface area contributed by atoms with Crippen molar-refractivity contribution < 1.29 is 14.1 Å². The summed E-state index contributed by atoms with van der Waals surface area (Å²) in [6, 6.07) is 11.5. The molecule has 5 heteroatoms. The lowest BCUT2D eigenvalue weighted by Crippen LogP contribution is -2.29. The maximum absolute atomic E-state index is 11.8. The fourth-order valence-corrected chi connectivity index (χ4v) is 2.39. The van der Waals surface area contributed by atoms with Crippen LogP contribution in [0.2, 0.25) is 0 Å². The van der Waals surface area contributed by atoms with Gasteiger partial charge >= 0.3 is 6.09 Å². The van der Waals surface area contributed by atoms with Crippen molar-refractivity contribution in [3.8, 4) is 0 Å². The zero-order valence-corrected chi connectivity index (χ0v) is 11.7. The van der Waals surface area contributed by atoms with Crippen molar-refractivity contribution in [3.05, 3.63) is 53.9 Å². The highest BCUT2D eigenvalue weighted by atomic mass is 16.5. The fourth-order valence-electron chi connectivity index (χ4n) is 2.39. The van der Waals surface area contributed by atoms with Gasteiger partial charge in [0.25, 0.3) is 0 Å². The van der Waals surface area contributed by atoms with Gasteiger partial charge in [-0.1, -0.05) is 35.5 Å². The Bertz CT molecular complexity index is 564. The van der Waals surface area contributed by atoms with Crippen LogP contribution in [0.25, 0.3) is 0 Å². The lowest BCUT2D eigenvalue weighted by atomic mass is 10.00. The first-order valence-electron chi connectivity index (χ1n) is 7.18. The minimum Gasteiger partial charge on any atom is -0.445 e. The summed E-state index contributed by atoms with van der Waals surface area (Å²) in [5.41, 5.74) is 1.88. The number of ether oxygens (including phenoxy) is 1. The maximum Gasteiger partial charge on any atom is 0.407 e. The molecule has 1 saturated carbocycles. The van der Waals surface area contributed by atoms with Gasteiger partial charge in [-0.25, -0.2) is 4.79 Å². The molecule has 1 aliphatic carbocycles. The van der Waals surface area contributed by atoms with E-state index in [9.17, 15) is 4.79 Å². The Morgan fingerprint density at radius 3 is 2.81 bits per heavy atom. The third-order valence-corrected chi connectivity index (χ3v) is 3.71. The minimum atomic E-state index is -0.395. The molecular weight excluding hydrogens is 268 g/mol. The van der Waals surface area contributed by atoms with Gasteiger partial charge in [0.05, 0.1) is 5.69 Å². The number of aromatic nitrogens is 1. The lowest BCUT2D eigenvalue weighted by molar-refractivity contribution is 0.138. The van der Waals surface area contributed by atoms with Crippen molar-refractivity contribution in [3.63, 3.8) is 0 Å². The number of nitrogens with zero attached hydrogens (tertiary/aromatic N) is 1. The predicted octanol–water partition coefficient (Wildman–Crippen LogP) is 3.09. The van der Waals surface area contributed by atoms with E-state index in [0.717, 1.165) is 11.3 Å². The molecule has 0 radical (unpaired) electrons. The van der Waals surface area contributed by atoms with Crippen LogP contribution in [0.5, 0.6) is 0 Å². The SMILES string of the molecule is O=C(NCC(c1ccon1)C1CC1)OCc1ccccc1. The summed E-state index contributed by atoms with van der Waals surface area (Å²) in [6.45, 7) is 0.815. The van der Waals surface area contributed by atoms with Crippen LogP contribution in [0.15, 0.2) is 47.2 Å². The fraction of sp³-hybridized carbons (Fsp3) is 0.375. The number of hydrogen-bond acceptors (Lipinski definition) is 4. The van der Waals surface area contributed by atoms with E-state index in [1.165, 1.54) is 12.8 Å². The van der Waals surface area contributed by atoms with Gasteiger partial charge in [0.15, 0.2) is 0 Å². The molecule has 1 heterocycles. The summed E-state index contributed by atoms with van der Waals surface area (Å²) in [7, 11) is 0. The number of nitrogens with one attached hydrogen (secondary N) is 1. The Morgan fingerprint density at radius 2 is 2.14 bits per heavy atom. The van der Waals surface area contributed by atoms with Crippen LogP contribution in [0, 0.1) is 5.92 Å². The van der Waals surface area contributed by atoms with Gasteiger partial charge in [0, 0.05) is 18.5 Å². The van der Waals surface area contributed by atoms with Gasteiger partial charge in [0.2, 0.25) is 0 Å². The van der Waals surface area contributed by atoms with E-state index >= 15 is 0 Å². The predicted molar refractivity (Wildman–Crippen MR) is 76.6 cm³/mol. The number of carbonyl (C=O) groups is 1. The van der Waals surface area contributed by atoms with Gasteiger partial charge < -0.3 is 14.6 Å². The summed E-state index contributed by atoms with van der Waals surface area (Å²) >= 11 is 0. The van der Waals surface area contributed by atoms with Crippen molar-refractivity contribution in [2.24, 2.45) is 5.92 Å². The highest BCUT2D eigenvalue weighted by Crippen LogP contribution is 2.41. The second kappa shape index (κ2) is 6.43. The molecule has 0 saturated heterocycles. The normalized spacial score (nSPS) is 15.4. The maximum atomic E-state index is 11.8. The molecule has 1 atom stereocenters. The largest absolute Gasteiger partial charge is 0.445 e. The van der Waals surface area contributed by atoms with Gasteiger partial charge in [-0.2, -0.15) is 0 Å². The molecule has 1 aliphatic rings. The van der Waals surface area contributed by atoms with Crippen molar-refractivity contribution in [2.45, 2.75) is 25.4 Å². The number of hydrogen-bond donors (Lipinski definition) is 1. The van der Waals surface area contributed by atoms with Crippen LogP contribution >= 0.6 is 0 Å². The minimum absolute atomic E-state index is 0.216. The van der Waals surface area contributed by atoms with E-state index in [1.807, 2.05) is 36.4 Å². The number of amides is 1. The van der Waals surface area contributed by atoms with Crippen molar-refractivity contribution in [1.29, 1.82) is 0 Å². The number of benzene rings is 1. The molecule has 110 valence electrons. The van der Waals surface area contributed by atoms with E-state index in [4.69, 9.17) is 9.26 Å². The van der Waals surface area contributed by atoms with E-state index in [2.05, 4.69) is 10.5 Å². The number of alkyl carbamates (subject to hydrolysis) is 1. The van der Waals surface area contributed by atoms with Gasteiger partial charge in [0.1, 0.15) is 12.9 Å². The van der Waals surface area contributed by atoms with Gasteiger partial charge in [-0.15, -0.1) is 0 Å². The molecule has 1 fully saturated rings. The first kappa shape index (κ1) is 13.7. The highest BCUT2D eigenvalue weighted by molar-refractivity contribution is 5.67. The average Bonchev–Trinajstić information content (AvgIpc) is 3.21. The lowest BCUT2D eigenvalue weighted by Gasteiger charge is -2.14.